The van der Waals surface area contributed by atoms with Gasteiger partial charge in [0.25, 0.3) is 6.01 Å². The summed E-state index contributed by atoms with van der Waals surface area (Å²) in [6.45, 7) is 0.812. The fraction of sp³-hybridized carbons (Fsp3) is 0.429. The van der Waals surface area contributed by atoms with Crippen molar-refractivity contribution in [1.82, 2.24) is 4.98 Å². The Hall–Kier alpha value is -1.69. The summed E-state index contributed by atoms with van der Waals surface area (Å²) in [6, 6.07) is 5.13. The van der Waals surface area contributed by atoms with Crippen LogP contribution in [0.25, 0.3) is 11.1 Å². The smallest absolute Gasteiger partial charge is 0.335 e. The number of fused-ring (bicyclic) bond motifs is 1. The second-order valence-corrected chi connectivity index (χ2v) is 5.47. The third kappa shape index (κ3) is 3.90. The molecular formula is C14H18N2O3S. The third-order valence-corrected chi connectivity index (χ3v) is 3.63. The molecule has 108 valence electrons. The van der Waals surface area contributed by atoms with Gasteiger partial charge in [-0.3, -0.25) is 0 Å². The lowest BCUT2D eigenvalue weighted by atomic mass is 10.2. The molecule has 0 atom stereocenters. The SMILES string of the molecule is CSCCCCCNc1nc2ccc(C(=O)O)cc2o1. The fourth-order valence-corrected chi connectivity index (χ4v) is 2.37. The number of unbranched alkanes of at least 4 members (excludes halogenated alkanes) is 2. The highest BCUT2D eigenvalue weighted by Crippen LogP contribution is 2.20. The zero-order chi connectivity index (χ0) is 14.4. The first kappa shape index (κ1) is 14.7. The summed E-state index contributed by atoms with van der Waals surface area (Å²) in [5.74, 6) is 0.229. The van der Waals surface area contributed by atoms with Gasteiger partial charge in [0.05, 0.1) is 5.56 Å². The predicted molar refractivity (Wildman–Crippen MR) is 81.7 cm³/mol. The van der Waals surface area contributed by atoms with Crippen LogP contribution in [0.15, 0.2) is 22.6 Å². The maximum atomic E-state index is 10.9. The van der Waals surface area contributed by atoms with E-state index in [-0.39, 0.29) is 5.56 Å². The molecule has 1 heterocycles. The molecule has 2 rings (SSSR count). The van der Waals surface area contributed by atoms with Crippen molar-refractivity contribution in [2.24, 2.45) is 0 Å². The highest BCUT2D eigenvalue weighted by molar-refractivity contribution is 7.98. The van der Waals surface area contributed by atoms with Crippen LogP contribution in [0, 0.1) is 0 Å². The van der Waals surface area contributed by atoms with E-state index in [9.17, 15) is 4.79 Å². The molecule has 0 radical (unpaired) electrons. The van der Waals surface area contributed by atoms with Crippen LogP contribution in [-0.2, 0) is 0 Å². The van der Waals surface area contributed by atoms with Gasteiger partial charge in [0.1, 0.15) is 5.52 Å². The molecule has 2 aromatic rings. The van der Waals surface area contributed by atoms with Gasteiger partial charge in [0.15, 0.2) is 5.58 Å². The van der Waals surface area contributed by atoms with E-state index in [1.165, 1.54) is 30.7 Å². The van der Waals surface area contributed by atoms with Gasteiger partial charge < -0.3 is 14.8 Å². The van der Waals surface area contributed by atoms with Crippen LogP contribution in [0.1, 0.15) is 29.6 Å². The minimum Gasteiger partial charge on any atom is -0.478 e. The second-order valence-electron chi connectivity index (χ2n) is 4.49. The molecule has 2 N–H and O–H groups in total. The number of nitrogens with one attached hydrogen (secondary N) is 1. The van der Waals surface area contributed by atoms with Crippen LogP contribution < -0.4 is 5.32 Å². The number of benzene rings is 1. The molecule has 1 aromatic carbocycles. The lowest BCUT2D eigenvalue weighted by Crippen LogP contribution is -2.01. The summed E-state index contributed by atoms with van der Waals surface area (Å²) < 4.78 is 5.50. The van der Waals surface area contributed by atoms with Gasteiger partial charge in [0, 0.05) is 6.54 Å². The number of rotatable bonds is 8. The number of hydrogen-bond donors (Lipinski definition) is 2. The molecular weight excluding hydrogens is 276 g/mol. The Morgan fingerprint density at radius 3 is 3.00 bits per heavy atom. The Labute approximate surface area is 121 Å². The van der Waals surface area contributed by atoms with Crippen LogP contribution in [-0.4, -0.2) is 34.6 Å². The molecule has 0 spiro atoms. The van der Waals surface area contributed by atoms with E-state index < -0.39 is 5.97 Å². The number of nitrogens with zero attached hydrogens (tertiary/aromatic N) is 1. The zero-order valence-corrected chi connectivity index (χ0v) is 12.2. The monoisotopic (exact) mass is 294 g/mol. The van der Waals surface area contributed by atoms with Crippen molar-refractivity contribution < 1.29 is 14.3 Å². The summed E-state index contributed by atoms with van der Waals surface area (Å²) in [5, 5.41) is 12.0. The average molecular weight is 294 g/mol. The minimum absolute atomic E-state index is 0.206. The molecule has 0 aliphatic carbocycles. The first-order chi connectivity index (χ1) is 9.70. The van der Waals surface area contributed by atoms with Crippen LogP contribution >= 0.6 is 11.8 Å². The van der Waals surface area contributed by atoms with Crippen LogP contribution in [0.3, 0.4) is 0 Å². The molecule has 0 saturated heterocycles. The van der Waals surface area contributed by atoms with E-state index >= 15 is 0 Å². The van der Waals surface area contributed by atoms with E-state index in [4.69, 9.17) is 9.52 Å². The molecule has 0 saturated carbocycles. The normalized spacial score (nSPS) is 10.8. The maximum absolute atomic E-state index is 10.9. The Morgan fingerprint density at radius 1 is 1.40 bits per heavy atom. The number of carbonyl (C=O) groups is 1. The number of aromatic nitrogens is 1. The Morgan fingerprint density at radius 2 is 2.25 bits per heavy atom. The number of anilines is 1. The standard InChI is InChI=1S/C14H18N2O3S/c1-20-8-4-2-3-7-15-14-16-11-6-5-10(13(17)18)9-12(11)19-14/h5-6,9H,2-4,7-8H2,1H3,(H,15,16)(H,17,18). The van der Waals surface area contributed by atoms with E-state index in [1.807, 2.05) is 11.8 Å². The van der Waals surface area contributed by atoms with Crippen LogP contribution in [0.5, 0.6) is 0 Å². The number of thioether (sulfide) groups is 1. The molecule has 0 aliphatic heterocycles. The quantitative estimate of drug-likeness (QED) is 0.726. The number of aromatic carboxylic acids is 1. The lowest BCUT2D eigenvalue weighted by molar-refractivity contribution is 0.0697. The van der Waals surface area contributed by atoms with Gasteiger partial charge in [-0.15, -0.1) is 0 Å². The average Bonchev–Trinajstić information content (AvgIpc) is 2.84. The molecule has 5 nitrogen and oxygen atoms in total. The zero-order valence-electron chi connectivity index (χ0n) is 11.4. The van der Waals surface area contributed by atoms with E-state index in [0.717, 1.165) is 13.0 Å². The molecule has 20 heavy (non-hydrogen) atoms. The highest BCUT2D eigenvalue weighted by Gasteiger charge is 2.09. The first-order valence-electron chi connectivity index (χ1n) is 6.57. The number of carboxylic acids is 1. The summed E-state index contributed by atoms with van der Waals surface area (Å²) >= 11 is 1.86. The second kappa shape index (κ2) is 7.19. The van der Waals surface area contributed by atoms with Crippen molar-refractivity contribution in [2.45, 2.75) is 19.3 Å². The number of hydrogen-bond acceptors (Lipinski definition) is 5. The van der Waals surface area contributed by atoms with Gasteiger partial charge in [-0.2, -0.15) is 16.7 Å². The number of oxazole rings is 1. The van der Waals surface area contributed by atoms with Crippen molar-refractivity contribution in [3.05, 3.63) is 23.8 Å². The minimum atomic E-state index is -0.966. The summed E-state index contributed by atoms with van der Waals surface area (Å²) in [4.78, 5) is 15.1. The third-order valence-electron chi connectivity index (χ3n) is 2.94. The predicted octanol–water partition coefficient (Wildman–Crippen LogP) is 3.47. The maximum Gasteiger partial charge on any atom is 0.335 e. The molecule has 0 bridgehead atoms. The van der Waals surface area contributed by atoms with Gasteiger partial charge in [-0.25, -0.2) is 4.79 Å². The van der Waals surface area contributed by atoms with Crippen LogP contribution in [0.2, 0.25) is 0 Å². The van der Waals surface area contributed by atoms with Crippen LogP contribution in [0.4, 0.5) is 6.01 Å². The molecule has 0 fully saturated rings. The summed E-state index contributed by atoms with van der Waals surface area (Å²) in [7, 11) is 0. The Kier molecular flexibility index (Phi) is 5.29. The summed E-state index contributed by atoms with van der Waals surface area (Å²) in [6.07, 6.45) is 5.58. The van der Waals surface area contributed by atoms with E-state index in [0.29, 0.717) is 17.1 Å². The van der Waals surface area contributed by atoms with Crippen molar-refractivity contribution in [2.75, 3.05) is 23.9 Å². The highest BCUT2D eigenvalue weighted by atomic mass is 32.2. The topological polar surface area (TPSA) is 75.4 Å². The van der Waals surface area contributed by atoms with Crippen molar-refractivity contribution >= 4 is 34.8 Å². The fourth-order valence-electron chi connectivity index (χ4n) is 1.88. The summed E-state index contributed by atoms with van der Waals surface area (Å²) in [5.41, 5.74) is 1.37. The van der Waals surface area contributed by atoms with E-state index in [1.54, 1.807) is 6.07 Å². The van der Waals surface area contributed by atoms with Gasteiger partial charge in [-0.1, -0.05) is 6.42 Å². The molecule has 6 heteroatoms. The van der Waals surface area contributed by atoms with E-state index in [2.05, 4.69) is 16.6 Å². The first-order valence-corrected chi connectivity index (χ1v) is 7.97. The van der Waals surface area contributed by atoms with Gasteiger partial charge >= 0.3 is 5.97 Å². The molecule has 0 amide bonds. The lowest BCUT2D eigenvalue weighted by Gasteiger charge is -2.00. The Balaban J connectivity index is 1.89. The molecule has 0 aliphatic rings. The Bertz CT molecular complexity index is 583. The van der Waals surface area contributed by atoms with Crippen molar-refractivity contribution in [3.63, 3.8) is 0 Å². The largest absolute Gasteiger partial charge is 0.478 e. The molecule has 0 unspecified atom stereocenters. The van der Waals surface area contributed by atoms with Crippen molar-refractivity contribution in [1.29, 1.82) is 0 Å². The number of carboxylic acid groups (broad SMARTS) is 1. The van der Waals surface area contributed by atoms with Gasteiger partial charge in [-0.05, 0) is 43.0 Å². The molecule has 1 aromatic heterocycles. The van der Waals surface area contributed by atoms with Crippen molar-refractivity contribution in [3.8, 4) is 0 Å². The van der Waals surface area contributed by atoms with Gasteiger partial charge in [0.2, 0.25) is 0 Å².